The van der Waals surface area contributed by atoms with Crippen molar-refractivity contribution in [2.24, 2.45) is 11.7 Å². The van der Waals surface area contributed by atoms with Gasteiger partial charge in [-0.2, -0.15) is 5.26 Å². The van der Waals surface area contributed by atoms with Gasteiger partial charge in [-0.25, -0.2) is 0 Å². The average molecular weight is 325 g/mol. The fraction of sp³-hybridized carbons (Fsp3) is 0.278. The van der Waals surface area contributed by atoms with E-state index in [-0.39, 0.29) is 17.0 Å². The van der Waals surface area contributed by atoms with Crippen molar-refractivity contribution in [1.82, 2.24) is 4.57 Å². The molecule has 0 amide bonds. The number of nitriles is 1. The summed E-state index contributed by atoms with van der Waals surface area (Å²) in [7, 11) is 0. The van der Waals surface area contributed by atoms with Crippen LogP contribution in [0.15, 0.2) is 35.1 Å². The van der Waals surface area contributed by atoms with E-state index in [1.54, 1.807) is 16.7 Å². The predicted molar refractivity (Wildman–Crippen MR) is 96.3 cm³/mol. The Bertz CT molecular complexity index is 862. The van der Waals surface area contributed by atoms with E-state index in [2.05, 4.69) is 0 Å². The summed E-state index contributed by atoms with van der Waals surface area (Å²) < 4.78 is 1.59. The summed E-state index contributed by atoms with van der Waals surface area (Å²) >= 11 is 5.02. The van der Waals surface area contributed by atoms with Gasteiger partial charge < -0.3 is 10.3 Å². The van der Waals surface area contributed by atoms with Crippen LogP contribution in [-0.4, -0.2) is 9.56 Å². The molecule has 0 bridgehead atoms. The Balaban J connectivity index is 2.65. The summed E-state index contributed by atoms with van der Waals surface area (Å²) in [6.07, 6.45) is 0. The molecule has 2 rings (SSSR count). The van der Waals surface area contributed by atoms with Crippen LogP contribution in [0.1, 0.15) is 23.6 Å². The maximum atomic E-state index is 12.6. The van der Waals surface area contributed by atoms with Gasteiger partial charge in [-0.15, -0.1) is 0 Å². The largest absolute Gasteiger partial charge is 0.393 e. The standard InChI is InChI=1S/C18H19N3OS/c1-11-4-5-14(8-12(11)2)16-7-6-15(9-19)18(22)21(16)10-13(3)17(20)23/h4-8,13H,10H2,1-3H3,(H2,20,23). The Labute approximate surface area is 141 Å². The van der Waals surface area contributed by atoms with Crippen LogP contribution in [-0.2, 0) is 6.54 Å². The molecule has 0 aliphatic rings. The van der Waals surface area contributed by atoms with Crippen LogP contribution in [0, 0.1) is 31.1 Å². The molecule has 1 heterocycles. The number of nitrogens with zero attached hydrogens (tertiary/aromatic N) is 2. The second-order valence-electron chi connectivity index (χ2n) is 5.76. The first-order valence-corrected chi connectivity index (χ1v) is 7.77. The molecule has 5 heteroatoms. The van der Waals surface area contributed by atoms with Gasteiger partial charge in [0.15, 0.2) is 0 Å². The highest BCUT2D eigenvalue weighted by molar-refractivity contribution is 7.80. The van der Waals surface area contributed by atoms with E-state index in [9.17, 15) is 4.79 Å². The number of hydrogen-bond donors (Lipinski definition) is 1. The highest BCUT2D eigenvalue weighted by atomic mass is 32.1. The van der Waals surface area contributed by atoms with E-state index in [0.29, 0.717) is 11.5 Å². The first-order valence-electron chi connectivity index (χ1n) is 7.36. The van der Waals surface area contributed by atoms with Crippen LogP contribution in [0.2, 0.25) is 0 Å². The van der Waals surface area contributed by atoms with Gasteiger partial charge in [0, 0.05) is 12.5 Å². The van der Waals surface area contributed by atoms with Crippen molar-refractivity contribution in [1.29, 1.82) is 5.26 Å². The first kappa shape index (κ1) is 16.9. The minimum Gasteiger partial charge on any atom is -0.393 e. The highest BCUT2D eigenvalue weighted by Crippen LogP contribution is 2.22. The molecule has 118 valence electrons. The molecule has 0 spiro atoms. The minimum atomic E-state index is -0.314. The Morgan fingerprint density at radius 3 is 2.57 bits per heavy atom. The molecule has 0 fully saturated rings. The summed E-state index contributed by atoms with van der Waals surface area (Å²) in [5.74, 6) is -0.137. The van der Waals surface area contributed by atoms with Gasteiger partial charge in [0.25, 0.3) is 5.56 Å². The lowest BCUT2D eigenvalue weighted by Gasteiger charge is -2.17. The van der Waals surface area contributed by atoms with Gasteiger partial charge in [0.2, 0.25) is 0 Å². The Morgan fingerprint density at radius 2 is 2.00 bits per heavy atom. The molecule has 23 heavy (non-hydrogen) atoms. The third kappa shape index (κ3) is 3.49. The zero-order chi connectivity index (χ0) is 17.1. The third-order valence-corrected chi connectivity index (χ3v) is 4.44. The number of pyridine rings is 1. The summed E-state index contributed by atoms with van der Waals surface area (Å²) in [6.45, 7) is 6.30. The van der Waals surface area contributed by atoms with Gasteiger partial charge in [0.05, 0.1) is 10.7 Å². The van der Waals surface area contributed by atoms with Gasteiger partial charge in [-0.1, -0.05) is 31.3 Å². The van der Waals surface area contributed by atoms with Crippen LogP contribution in [0.3, 0.4) is 0 Å². The summed E-state index contributed by atoms with van der Waals surface area (Å²) in [4.78, 5) is 12.9. The van der Waals surface area contributed by atoms with Gasteiger partial charge in [-0.3, -0.25) is 4.79 Å². The van der Waals surface area contributed by atoms with Crippen molar-refractivity contribution in [2.45, 2.75) is 27.3 Å². The Kier molecular flexibility index (Phi) is 4.97. The SMILES string of the molecule is Cc1ccc(-c2ccc(C#N)c(=O)n2CC(C)C(N)=S)cc1C. The second kappa shape index (κ2) is 6.76. The molecule has 0 saturated carbocycles. The van der Waals surface area contributed by atoms with Crippen LogP contribution >= 0.6 is 12.2 Å². The van der Waals surface area contributed by atoms with Crippen molar-refractivity contribution in [3.05, 3.63) is 57.4 Å². The van der Waals surface area contributed by atoms with Gasteiger partial charge in [-0.05, 0) is 48.7 Å². The van der Waals surface area contributed by atoms with Gasteiger partial charge in [0.1, 0.15) is 11.6 Å². The Hall–Kier alpha value is -2.45. The van der Waals surface area contributed by atoms with Crippen LogP contribution in [0.25, 0.3) is 11.3 Å². The molecule has 1 aromatic carbocycles. The fourth-order valence-electron chi connectivity index (χ4n) is 2.36. The van der Waals surface area contributed by atoms with E-state index in [0.717, 1.165) is 16.8 Å². The van der Waals surface area contributed by atoms with Crippen LogP contribution in [0.4, 0.5) is 0 Å². The number of nitrogens with two attached hydrogens (primary N) is 1. The summed E-state index contributed by atoms with van der Waals surface area (Å²) in [6, 6.07) is 11.3. The minimum absolute atomic E-state index is 0.118. The monoisotopic (exact) mass is 325 g/mol. The number of benzene rings is 1. The molecular formula is C18H19N3OS. The number of thiocarbonyl (C=S) groups is 1. The molecule has 0 radical (unpaired) electrons. The van der Waals surface area contributed by atoms with E-state index in [4.69, 9.17) is 23.2 Å². The van der Waals surface area contributed by atoms with Crippen molar-refractivity contribution >= 4 is 17.2 Å². The topological polar surface area (TPSA) is 71.8 Å². The van der Waals surface area contributed by atoms with Crippen molar-refractivity contribution in [2.75, 3.05) is 0 Å². The number of aryl methyl sites for hydroxylation is 2. The molecule has 1 atom stereocenters. The molecule has 4 nitrogen and oxygen atoms in total. The zero-order valence-electron chi connectivity index (χ0n) is 13.5. The quantitative estimate of drug-likeness (QED) is 0.877. The van der Waals surface area contributed by atoms with E-state index < -0.39 is 0 Å². The fourth-order valence-corrected chi connectivity index (χ4v) is 2.44. The lowest BCUT2D eigenvalue weighted by atomic mass is 10.0. The smallest absolute Gasteiger partial charge is 0.268 e. The normalized spacial score (nSPS) is 11.7. The molecule has 2 aromatic rings. The molecule has 1 aromatic heterocycles. The summed E-state index contributed by atoms with van der Waals surface area (Å²) in [5.41, 5.74) is 9.53. The number of aromatic nitrogens is 1. The lowest BCUT2D eigenvalue weighted by molar-refractivity contribution is 0.586. The lowest BCUT2D eigenvalue weighted by Crippen LogP contribution is -2.31. The van der Waals surface area contributed by atoms with E-state index in [1.165, 1.54) is 5.56 Å². The summed E-state index contributed by atoms with van der Waals surface area (Å²) in [5, 5.41) is 9.11. The molecule has 0 aliphatic heterocycles. The number of rotatable bonds is 4. The second-order valence-corrected chi connectivity index (χ2v) is 6.23. The molecular weight excluding hydrogens is 306 g/mol. The first-order chi connectivity index (χ1) is 10.8. The molecule has 0 saturated heterocycles. The van der Waals surface area contributed by atoms with Crippen molar-refractivity contribution in [3.63, 3.8) is 0 Å². The molecule has 2 N–H and O–H groups in total. The van der Waals surface area contributed by atoms with E-state index in [1.807, 2.05) is 45.0 Å². The Morgan fingerprint density at radius 1 is 1.30 bits per heavy atom. The van der Waals surface area contributed by atoms with Crippen molar-refractivity contribution < 1.29 is 0 Å². The van der Waals surface area contributed by atoms with Gasteiger partial charge >= 0.3 is 0 Å². The number of hydrogen-bond acceptors (Lipinski definition) is 3. The zero-order valence-corrected chi connectivity index (χ0v) is 14.3. The predicted octanol–water partition coefficient (Wildman–Crippen LogP) is 2.93. The third-order valence-electron chi connectivity index (χ3n) is 4.04. The maximum absolute atomic E-state index is 12.6. The van der Waals surface area contributed by atoms with E-state index >= 15 is 0 Å². The highest BCUT2D eigenvalue weighted by Gasteiger charge is 2.15. The molecule has 1 unspecified atom stereocenters. The van der Waals surface area contributed by atoms with Crippen LogP contribution in [0.5, 0.6) is 0 Å². The van der Waals surface area contributed by atoms with Crippen LogP contribution < -0.4 is 11.3 Å². The average Bonchev–Trinajstić information content (AvgIpc) is 2.51. The molecule has 0 aliphatic carbocycles. The van der Waals surface area contributed by atoms with Crippen molar-refractivity contribution in [3.8, 4) is 17.3 Å². The maximum Gasteiger partial charge on any atom is 0.268 e.